The second kappa shape index (κ2) is 2.94. The summed E-state index contributed by atoms with van der Waals surface area (Å²) < 4.78 is 0. The first kappa shape index (κ1) is 7.86. The Labute approximate surface area is 74.1 Å². The van der Waals surface area contributed by atoms with Crippen LogP contribution in [-0.4, -0.2) is 0 Å². The molecule has 0 radical (unpaired) electrons. The molecule has 3 atom stereocenters. The molecule has 0 amide bonds. The third kappa shape index (κ3) is 1.27. The van der Waals surface area contributed by atoms with Crippen molar-refractivity contribution in [3.8, 4) is 6.07 Å². The fraction of sp³-hybridized carbons (Fsp3) is 0.727. The van der Waals surface area contributed by atoms with Crippen molar-refractivity contribution in [3.05, 3.63) is 12.2 Å². The number of fused-ring (bicyclic) bond motifs is 2. The molecule has 0 N–H and O–H groups in total. The normalized spacial score (nSPS) is 39.1. The summed E-state index contributed by atoms with van der Waals surface area (Å²) in [7, 11) is 0. The molecule has 1 heteroatoms. The molecular weight excluding hydrogens is 146 g/mol. The first-order valence-electron chi connectivity index (χ1n) is 4.88. The maximum atomic E-state index is 8.73. The average Bonchev–Trinajstić information content (AvgIpc) is 2.44. The third-order valence-corrected chi connectivity index (χ3v) is 3.52. The van der Waals surface area contributed by atoms with E-state index in [0.717, 1.165) is 17.4 Å². The minimum Gasteiger partial charge on any atom is -0.193 e. The Morgan fingerprint density at radius 1 is 1.17 bits per heavy atom. The van der Waals surface area contributed by atoms with E-state index >= 15 is 0 Å². The molecule has 2 saturated carbocycles. The predicted molar refractivity (Wildman–Crippen MR) is 48.3 cm³/mol. The van der Waals surface area contributed by atoms with E-state index in [1.165, 1.54) is 32.1 Å². The largest absolute Gasteiger partial charge is 0.193 e. The Morgan fingerprint density at radius 3 is 2.25 bits per heavy atom. The van der Waals surface area contributed by atoms with Crippen molar-refractivity contribution < 1.29 is 0 Å². The molecule has 2 fully saturated rings. The van der Waals surface area contributed by atoms with Crippen molar-refractivity contribution in [2.24, 2.45) is 17.8 Å². The fourth-order valence-corrected chi connectivity index (χ4v) is 2.88. The molecule has 2 aliphatic carbocycles. The number of rotatable bonds is 1. The highest BCUT2D eigenvalue weighted by molar-refractivity contribution is 5.20. The van der Waals surface area contributed by atoms with Gasteiger partial charge in [0.15, 0.2) is 0 Å². The van der Waals surface area contributed by atoms with E-state index < -0.39 is 0 Å². The standard InChI is InChI=1S/C11H15N/c1-8(7-12)11-5-9-2-3-10(4-9)6-11/h9-11H,1-6H2/t9-,10+,11?. The van der Waals surface area contributed by atoms with Crippen LogP contribution in [0.25, 0.3) is 0 Å². The highest BCUT2D eigenvalue weighted by Crippen LogP contribution is 2.46. The molecule has 0 aromatic heterocycles. The predicted octanol–water partition coefficient (Wildman–Crippen LogP) is 2.89. The van der Waals surface area contributed by atoms with Crippen molar-refractivity contribution in [1.29, 1.82) is 5.26 Å². The highest BCUT2D eigenvalue weighted by Gasteiger charge is 2.34. The lowest BCUT2D eigenvalue weighted by Crippen LogP contribution is -2.16. The molecule has 12 heavy (non-hydrogen) atoms. The quantitative estimate of drug-likeness (QED) is 0.542. The third-order valence-electron chi connectivity index (χ3n) is 3.52. The van der Waals surface area contributed by atoms with Crippen LogP contribution in [0.4, 0.5) is 0 Å². The molecule has 0 saturated heterocycles. The number of nitriles is 1. The van der Waals surface area contributed by atoms with Crippen LogP contribution in [0.3, 0.4) is 0 Å². The van der Waals surface area contributed by atoms with Crippen LogP contribution >= 0.6 is 0 Å². The van der Waals surface area contributed by atoms with Gasteiger partial charge >= 0.3 is 0 Å². The van der Waals surface area contributed by atoms with Crippen LogP contribution in [0, 0.1) is 29.1 Å². The maximum Gasteiger partial charge on any atom is 0.0943 e. The first-order valence-corrected chi connectivity index (χ1v) is 4.88. The van der Waals surface area contributed by atoms with Crippen molar-refractivity contribution in [2.45, 2.75) is 32.1 Å². The Kier molecular flexibility index (Phi) is 1.92. The van der Waals surface area contributed by atoms with Crippen LogP contribution in [0.2, 0.25) is 0 Å². The van der Waals surface area contributed by atoms with Gasteiger partial charge in [-0.3, -0.25) is 0 Å². The molecule has 2 aliphatic rings. The van der Waals surface area contributed by atoms with Crippen molar-refractivity contribution in [2.75, 3.05) is 0 Å². The molecule has 0 aliphatic heterocycles. The summed E-state index contributed by atoms with van der Waals surface area (Å²) in [5, 5.41) is 8.73. The molecule has 2 bridgehead atoms. The van der Waals surface area contributed by atoms with E-state index in [9.17, 15) is 0 Å². The Balaban J connectivity index is 2.03. The Hall–Kier alpha value is -0.770. The van der Waals surface area contributed by atoms with Gasteiger partial charge in [-0.2, -0.15) is 5.26 Å². The van der Waals surface area contributed by atoms with Gasteiger partial charge in [-0.15, -0.1) is 0 Å². The number of allylic oxidation sites excluding steroid dienone is 1. The van der Waals surface area contributed by atoms with Gasteiger partial charge in [-0.1, -0.05) is 19.4 Å². The summed E-state index contributed by atoms with van der Waals surface area (Å²) in [5.41, 5.74) is 0.826. The lowest BCUT2D eigenvalue weighted by Gasteiger charge is -2.26. The van der Waals surface area contributed by atoms with Gasteiger partial charge in [0.1, 0.15) is 0 Å². The first-order chi connectivity index (χ1) is 5.79. The summed E-state index contributed by atoms with van der Waals surface area (Å²) in [4.78, 5) is 0. The van der Waals surface area contributed by atoms with E-state index in [0.29, 0.717) is 5.92 Å². The molecular formula is C11H15N. The van der Waals surface area contributed by atoms with Crippen LogP contribution in [-0.2, 0) is 0 Å². The number of hydrogen-bond donors (Lipinski definition) is 0. The summed E-state index contributed by atoms with van der Waals surface area (Å²) in [6, 6.07) is 2.21. The SMILES string of the molecule is C=C(C#N)C1C[C@H]2CC[C@@H](C1)C2. The molecule has 0 heterocycles. The Morgan fingerprint density at radius 2 is 1.75 bits per heavy atom. The zero-order valence-corrected chi connectivity index (χ0v) is 7.42. The highest BCUT2D eigenvalue weighted by atomic mass is 14.4. The maximum absolute atomic E-state index is 8.73. The van der Waals surface area contributed by atoms with Gasteiger partial charge < -0.3 is 0 Å². The molecule has 0 spiro atoms. The van der Waals surface area contributed by atoms with Gasteiger partial charge in [0.05, 0.1) is 6.07 Å². The van der Waals surface area contributed by atoms with Crippen LogP contribution in [0.1, 0.15) is 32.1 Å². The van der Waals surface area contributed by atoms with Gasteiger partial charge in [0.25, 0.3) is 0 Å². The minimum atomic E-state index is 0.529. The zero-order valence-electron chi connectivity index (χ0n) is 7.42. The fourth-order valence-electron chi connectivity index (χ4n) is 2.88. The monoisotopic (exact) mass is 161 g/mol. The minimum absolute atomic E-state index is 0.529. The van der Waals surface area contributed by atoms with Crippen molar-refractivity contribution in [1.82, 2.24) is 0 Å². The van der Waals surface area contributed by atoms with Gasteiger partial charge in [0.2, 0.25) is 0 Å². The van der Waals surface area contributed by atoms with Crippen molar-refractivity contribution >= 4 is 0 Å². The molecule has 1 nitrogen and oxygen atoms in total. The molecule has 0 aromatic rings. The van der Waals surface area contributed by atoms with Gasteiger partial charge in [0, 0.05) is 5.57 Å². The van der Waals surface area contributed by atoms with Crippen LogP contribution in [0.5, 0.6) is 0 Å². The second-order valence-electron chi connectivity index (χ2n) is 4.35. The smallest absolute Gasteiger partial charge is 0.0943 e. The van der Waals surface area contributed by atoms with Gasteiger partial charge in [-0.05, 0) is 37.0 Å². The van der Waals surface area contributed by atoms with E-state index in [1.54, 1.807) is 0 Å². The Bertz CT molecular complexity index is 224. The van der Waals surface area contributed by atoms with E-state index in [2.05, 4.69) is 12.6 Å². The number of nitrogens with zero attached hydrogens (tertiary/aromatic N) is 1. The van der Waals surface area contributed by atoms with E-state index in [-0.39, 0.29) is 0 Å². The molecule has 2 rings (SSSR count). The number of hydrogen-bond acceptors (Lipinski definition) is 1. The van der Waals surface area contributed by atoms with E-state index in [1.807, 2.05) is 0 Å². The second-order valence-corrected chi connectivity index (χ2v) is 4.35. The summed E-state index contributed by atoms with van der Waals surface area (Å²) in [6.45, 7) is 3.83. The average molecular weight is 161 g/mol. The topological polar surface area (TPSA) is 23.8 Å². The summed E-state index contributed by atoms with van der Waals surface area (Å²) >= 11 is 0. The van der Waals surface area contributed by atoms with Crippen LogP contribution in [0.15, 0.2) is 12.2 Å². The molecule has 1 unspecified atom stereocenters. The molecule has 64 valence electrons. The van der Waals surface area contributed by atoms with E-state index in [4.69, 9.17) is 5.26 Å². The van der Waals surface area contributed by atoms with Crippen molar-refractivity contribution in [3.63, 3.8) is 0 Å². The lowest BCUT2D eigenvalue weighted by molar-refractivity contribution is 0.295. The molecule has 0 aromatic carbocycles. The lowest BCUT2D eigenvalue weighted by atomic mass is 9.78. The summed E-state index contributed by atoms with van der Waals surface area (Å²) in [5.74, 6) is 2.36. The van der Waals surface area contributed by atoms with Gasteiger partial charge in [-0.25, -0.2) is 0 Å². The summed E-state index contributed by atoms with van der Waals surface area (Å²) in [6.07, 6.45) is 6.71. The zero-order chi connectivity index (χ0) is 8.55. The van der Waals surface area contributed by atoms with Crippen LogP contribution < -0.4 is 0 Å².